The Labute approximate surface area is 188 Å². The van der Waals surface area contributed by atoms with Gasteiger partial charge in [0.2, 0.25) is 5.91 Å². The number of anilines is 2. The van der Waals surface area contributed by atoms with Crippen molar-refractivity contribution in [1.29, 1.82) is 0 Å². The lowest BCUT2D eigenvalue weighted by Gasteiger charge is -2.17. The molecule has 11 nitrogen and oxygen atoms in total. The van der Waals surface area contributed by atoms with Gasteiger partial charge in [-0.2, -0.15) is 0 Å². The SMILES string of the molecule is CO/C(N)=C/C=C(\N)NC(=O)c1ccc(N(C)C)cc1NC(=O)CCOCCOCCN. The Morgan fingerprint density at radius 2 is 1.75 bits per heavy atom. The minimum atomic E-state index is -0.489. The molecule has 0 heterocycles. The van der Waals surface area contributed by atoms with E-state index in [1.54, 1.807) is 18.2 Å². The number of nitrogens with one attached hydrogen (secondary N) is 2. The first-order valence-electron chi connectivity index (χ1n) is 10.0. The number of ether oxygens (including phenoxy) is 3. The molecule has 0 radical (unpaired) electrons. The van der Waals surface area contributed by atoms with Crippen LogP contribution in [0.3, 0.4) is 0 Å². The highest BCUT2D eigenvalue weighted by molar-refractivity contribution is 6.05. The van der Waals surface area contributed by atoms with Gasteiger partial charge < -0.3 is 46.9 Å². The molecule has 0 fully saturated rings. The van der Waals surface area contributed by atoms with Gasteiger partial charge in [-0.05, 0) is 24.3 Å². The molecule has 1 rings (SSSR count). The fraction of sp³-hybridized carbons (Fsp3) is 0.429. The minimum Gasteiger partial charge on any atom is -0.483 e. The van der Waals surface area contributed by atoms with Gasteiger partial charge in [-0.3, -0.25) is 9.59 Å². The third kappa shape index (κ3) is 10.2. The molecule has 1 aromatic carbocycles. The Morgan fingerprint density at radius 1 is 1.06 bits per heavy atom. The first-order chi connectivity index (χ1) is 15.3. The maximum absolute atomic E-state index is 12.7. The van der Waals surface area contributed by atoms with Crippen molar-refractivity contribution in [2.75, 3.05) is 64.4 Å². The smallest absolute Gasteiger partial charge is 0.258 e. The van der Waals surface area contributed by atoms with E-state index in [1.807, 2.05) is 19.0 Å². The summed E-state index contributed by atoms with van der Waals surface area (Å²) in [5, 5.41) is 5.31. The molecule has 0 saturated carbocycles. The molecule has 0 aliphatic heterocycles. The lowest BCUT2D eigenvalue weighted by atomic mass is 10.1. The summed E-state index contributed by atoms with van der Waals surface area (Å²) in [5.41, 5.74) is 18.1. The Kier molecular flexibility index (Phi) is 12.3. The van der Waals surface area contributed by atoms with Crippen molar-refractivity contribution < 1.29 is 23.8 Å². The van der Waals surface area contributed by atoms with E-state index in [1.165, 1.54) is 19.3 Å². The lowest BCUT2D eigenvalue weighted by Crippen LogP contribution is -2.29. The highest BCUT2D eigenvalue weighted by Gasteiger charge is 2.15. The van der Waals surface area contributed by atoms with Gasteiger partial charge in [-0.25, -0.2) is 0 Å². The molecule has 11 heteroatoms. The van der Waals surface area contributed by atoms with Crippen LogP contribution < -0.4 is 32.7 Å². The van der Waals surface area contributed by atoms with Crippen LogP contribution in [-0.2, 0) is 19.0 Å². The highest BCUT2D eigenvalue weighted by Crippen LogP contribution is 2.23. The zero-order valence-corrected chi connectivity index (χ0v) is 18.8. The molecule has 0 atom stereocenters. The van der Waals surface area contributed by atoms with Crippen LogP contribution in [0.2, 0.25) is 0 Å². The summed E-state index contributed by atoms with van der Waals surface area (Å²) in [5.74, 6) is -0.581. The van der Waals surface area contributed by atoms with Crippen molar-refractivity contribution >= 4 is 23.2 Å². The average Bonchev–Trinajstić information content (AvgIpc) is 2.76. The van der Waals surface area contributed by atoms with Crippen molar-refractivity contribution in [3.8, 4) is 0 Å². The molecule has 2 amide bonds. The number of hydrogen-bond acceptors (Lipinski definition) is 9. The summed E-state index contributed by atoms with van der Waals surface area (Å²) in [6.07, 6.45) is 2.93. The number of methoxy groups -OCH3 is 1. The molecule has 0 aliphatic carbocycles. The Morgan fingerprint density at radius 3 is 2.38 bits per heavy atom. The van der Waals surface area contributed by atoms with Gasteiger partial charge in [0.15, 0.2) is 5.88 Å². The second kappa shape index (κ2) is 14.7. The third-order valence-corrected chi connectivity index (χ3v) is 4.07. The number of carbonyl (C=O) groups is 2. The highest BCUT2D eigenvalue weighted by atomic mass is 16.5. The fourth-order valence-corrected chi connectivity index (χ4v) is 2.37. The van der Waals surface area contributed by atoms with E-state index in [0.29, 0.717) is 32.1 Å². The average molecular weight is 451 g/mol. The Balaban J connectivity index is 2.80. The first kappa shape index (κ1) is 26.8. The standard InChI is InChI=1S/C21H34N6O5/c1-27(2)15-4-5-16(21(29)26-18(23)6-7-19(24)30-3)17(14-15)25-20(28)8-10-31-12-13-32-11-9-22/h4-7,14H,8-13,22-24H2,1-3H3,(H,25,28)(H,26,29)/b18-6+,19-7+. The number of carbonyl (C=O) groups excluding carboxylic acids is 2. The van der Waals surface area contributed by atoms with Crippen molar-refractivity contribution in [3.63, 3.8) is 0 Å². The number of allylic oxidation sites excluding steroid dienone is 2. The summed E-state index contributed by atoms with van der Waals surface area (Å²) in [6.45, 7) is 1.91. The molecule has 32 heavy (non-hydrogen) atoms. The van der Waals surface area contributed by atoms with Crippen LogP contribution >= 0.6 is 0 Å². The van der Waals surface area contributed by atoms with Crippen molar-refractivity contribution in [2.45, 2.75) is 6.42 Å². The zero-order valence-electron chi connectivity index (χ0n) is 18.8. The summed E-state index contributed by atoms with van der Waals surface area (Å²) >= 11 is 0. The topological polar surface area (TPSA) is 167 Å². The quantitative estimate of drug-likeness (QED) is 0.149. The zero-order chi connectivity index (χ0) is 23.9. The molecule has 1 aromatic rings. The number of amides is 2. The molecule has 0 saturated heterocycles. The molecule has 8 N–H and O–H groups in total. The maximum atomic E-state index is 12.7. The van der Waals surface area contributed by atoms with E-state index in [0.717, 1.165) is 5.69 Å². The Hall–Kier alpha value is -3.28. The minimum absolute atomic E-state index is 0.0641. The van der Waals surface area contributed by atoms with Gasteiger partial charge in [-0.1, -0.05) is 0 Å². The van der Waals surface area contributed by atoms with Gasteiger partial charge >= 0.3 is 0 Å². The molecule has 0 spiro atoms. The van der Waals surface area contributed by atoms with E-state index < -0.39 is 5.91 Å². The van der Waals surface area contributed by atoms with Gasteiger partial charge in [0.1, 0.15) is 5.82 Å². The molecule has 0 aliphatic rings. The van der Waals surface area contributed by atoms with Crippen molar-refractivity contribution in [1.82, 2.24) is 5.32 Å². The molecule has 0 aromatic heterocycles. The third-order valence-electron chi connectivity index (χ3n) is 4.07. The summed E-state index contributed by atoms with van der Waals surface area (Å²) in [4.78, 5) is 26.9. The molecular weight excluding hydrogens is 416 g/mol. The lowest BCUT2D eigenvalue weighted by molar-refractivity contribution is -0.117. The second-order valence-electron chi connectivity index (χ2n) is 6.79. The molecular formula is C21H34N6O5. The van der Waals surface area contributed by atoms with Crippen LogP contribution in [0, 0.1) is 0 Å². The van der Waals surface area contributed by atoms with Crippen LogP contribution in [0.5, 0.6) is 0 Å². The van der Waals surface area contributed by atoms with E-state index in [4.69, 9.17) is 31.4 Å². The number of benzene rings is 1. The van der Waals surface area contributed by atoms with Crippen LogP contribution in [0.4, 0.5) is 11.4 Å². The van der Waals surface area contributed by atoms with Crippen molar-refractivity contribution in [3.05, 3.63) is 47.6 Å². The van der Waals surface area contributed by atoms with E-state index in [-0.39, 0.29) is 36.2 Å². The number of nitrogens with two attached hydrogens (primary N) is 3. The monoisotopic (exact) mass is 450 g/mol. The summed E-state index contributed by atoms with van der Waals surface area (Å²) < 4.78 is 15.4. The van der Waals surface area contributed by atoms with Gasteiger partial charge in [-0.15, -0.1) is 0 Å². The van der Waals surface area contributed by atoms with Crippen LogP contribution in [0.25, 0.3) is 0 Å². The van der Waals surface area contributed by atoms with Gasteiger partial charge in [0.05, 0.1) is 51.2 Å². The van der Waals surface area contributed by atoms with E-state index in [2.05, 4.69) is 10.6 Å². The number of rotatable bonds is 14. The van der Waals surface area contributed by atoms with Crippen LogP contribution in [0.1, 0.15) is 16.8 Å². The van der Waals surface area contributed by atoms with Gasteiger partial charge in [0.25, 0.3) is 5.91 Å². The first-order valence-corrected chi connectivity index (χ1v) is 10.0. The van der Waals surface area contributed by atoms with Crippen molar-refractivity contribution in [2.24, 2.45) is 17.2 Å². The second-order valence-corrected chi connectivity index (χ2v) is 6.79. The summed E-state index contributed by atoms with van der Waals surface area (Å²) in [7, 11) is 5.12. The summed E-state index contributed by atoms with van der Waals surface area (Å²) in [6, 6.07) is 5.08. The van der Waals surface area contributed by atoms with Crippen LogP contribution in [0.15, 0.2) is 42.1 Å². The number of nitrogens with zero attached hydrogens (tertiary/aromatic N) is 1. The van der Waals surface area contributed by atoms with E-state index in [9.17, 15) is 9.59 Å². The molecule has 0 bridgehead atoms. The predicted molar refractivity (Wildman–Crippen MR) is 124 cm³/mol. The van der Waals surface area contributed by atoms with Crippen LogP contribution in [-0.4, -0.2) is 66.0 Å². The molecule has 178 valence electrons. The Bertz CT molecular complexity index is 810. The largest absolute Gasteiger partial charge is 0.483 e. The van der Waals surface area contributed by atoms with E-state index >= 15 is 0 Å². The maximum Gasteiger partial charge on any atom is 0.258 e. The predicted octanol–water partition coefficient (Wildman–Crippen LogP) is 0.0495. The van der Waals surface area contributed by atoms with Gasteiger partial charge in [0, 0.05) is 32.4 Å². The number of hydrogen-bond donors (Lipinski definition) is 5. The molecule has 0 unspecified atom stereocenters. The fourth-order valence-electron chi connectivity index (χ4n) is 2.37. The normalized spacial score (nSPS) is 11.8.